The summed E-state index contributed by atoms with van der Waals surface area (Å²) in [7, 11) is 0. The summed E-state index contributed by atoms with van der Waals surface area (Å²) in [5.74, 6) is 0.126. The maximum Gasteiger partial charge on any atom is 0.123 e. The molecule has 0 aliphatic heterocycles. The molecular weight excluding hydrogens is 271 g/mol. The summed E-state index contributed by atoms with van der Waals surface area (Å²) in [5, 5.41) is 4.52. The molecule has 0 saturated carbocycles. The summed E-state index contributed by atoms with van der Waals surface area (Å²) in [5.41, 5.74) is 1.06. The first-order valence-electron chi connectivity index (χ1n) is 7.06. The summed E-state index contributed by atoms with van der Waals surface area (Å²) in [6.45, 7) is 6.03. The van der Waals surface area contributed by atoms with Gasteiger partial charge >= 0.3 is 0 Å². The molecule has 1 aromatic carbocycles. The van der Waals surface area contributed by atoms with E-state index >= 15 is 0 Å². The van der Waals surface area contributed by atoms with Gasteiger partial charge in [0.15, 0.2) is 0 Å². The van der Waals surface area contributed by atoms with Crippen LogP contribution in [0.1, 0.15) is 34.7 Å². The molecule has 1 heterocycles. The zero-order valence-electron chi connectivity index (χ0n) is 12.0. The molecule has 2 aromatic rings. The van der Waals surface area contributed by atoms with Gasteiger partial charge in [-0.25, -0.2) is 9.37 Å². The van der Waals surface area contributed by atoms with Crippen LogP contribution in [0.15, 0.2) is 30.5 Å². The highest BCUT2D eigenvalue weighted by atomic mass is 32.1. The smallest absolute Gasteiger partial charge is 0.123 e. The Hall–Kier alpha value is -1.26. The molecule has 0 bridgehead atoms. The number of rotatable bonds is 7. The van der Waals surface area contributed by atoms with Gasteiger partial charge < -0.3 is 5.32 Å². The molecule has 20 heavy (non-hydrogen) atoms. The standard InChI is InChI=1S/C16H21FN2S/c1-3-7-18-10-14(9-16-11-19-12(2)20-16)13-5-4-6-15(17)8-13/h4-6,8,11,14,18H,3,7,9-10H2,1-2H3. The van der Waals surface area contributed by atoms with Crippen LogP contribution in [0.25, 0.3) is 0 Å². The highest BCUT2D eigenvalue weighted by Gasteiger charge is 2.14. The van der Waals surface area contributed by atoms with Crippen LogP contribution in [-0.2, 0) is 6.42 Å². The van der Waals surface area contributed by atoms with E-state index in [4.69, 9.17) is 0 Å². The normalized spacial score (nSPS) is 12.6. The monoisotopic (exact) mass is 292 g/mol. The van der Waals surface area contributed by atoms with E-state index in [-0.39, 0.29) is 11.7 Å². The third-order valence-corrected chi connectivity index (χ3v) is 4.19. The zero-order chi connectivity index (χ0) is 14.4. The summed E-state index contributed by atoms with van der Waals surface area (Å²) in [4.78, 5) is 5.56. The molecule has 0 aliphatic rings. The van der Waals surface area contributed by atoms with Crippen LogP contribution in [0.4, 0.5) is 4.39 Å². The lowest BCUT2D eigenvalue weighted by Gasteiger charge is -2.17. The molecule has 0 radical (unpaired) electrons. The lowest BCUT2D eigenvalue weighted by molar-refractivity contribution is 0.571. The van der Waals surface area contributed by atoms with E-state index in [1.165, 1.54) is 10.9 Å². The fourth-order valence-electron chi connectivity index (χ4n) is 2.26. The van der Waals surface area contributed by atoms with Gasteiger partial charge in [-0.1, -0.05) is 19.1 Å². The average molecular weight is 292 g/mol. The Labute approximate surface area is 124 Å². The molecule has 2 rings (SSSR count). The Morgan fingerprint density at radius 1 is 1.40 bits per heavy atom. The summed E-state index contributed by atoms with van der Waals surface area (Å²) < 4.78 is 13.4. The lowest BCUT2D eigenvalue weighted by Crippen LogP contribution is -2.23. The maximum atomic E-state index is 13.4. The van der Waals surface area contributed by atoms with Gasteiger partial charge in [-0.15, -0.1) is 11.3 Å². The highest BCUT2D eigenvalue weighted by molar-refractivity contribution is 7.11. The minimum Gasteiger partial charge on any atom is -0.316 e. The number of aryl methyl sites for hydroxylation is 1. The van der Waals surface area contributed by atoms with E-state index in [1.54, 1.807) is 23.5 Å². The molecule has 0 aliphatic carbocycles. The first kappa shape index (κ1) is 15.1. The van der Waals surface area contributed by atoms with Crippen molar-refractivity contribution in [3.05, 3.63) is 51.7 Å². The molecular formula is C16H21FN2S. The first-order valence-corrected chi connectivity index (χ1v) is 7.88. The highest BCUT2D eigenvalue weighted by Crippen LogP contribution is 2.24. The van der Waals surface area contributed by atoms with E-state index in [9.17, 15) is 4.39 Å². The number of aromatic nitrogens is 1. The fourth-order valence-corrected chi connectivity index (χ4v) is 3.14. The van der Waals surface area contributed by atoms with E-state index in [0.717, 1.165) is 36.5 Å². The van der Waals surface area contributed by atoms with Crippen molar-refractivity contribution in [1.82, 2.24) is 10.3 Å². The number of thiazole rings is 1. The molecule has 1 atom stereocenters. The molecule has 0 spiro atoms. The van der Waals surface area contributed by atoms with Gasteiger partial charge in [0.05, 0.1) is 5.01 Å². The lowest BCUT2D eigenvalue weighted by atomic mass is 9.95. The third-order valence-electron chi connectivity index (χ3n) is 3.25. The third kappa shape index (κ3) is 4.39. The number of nitrogens with zero attached hydrogens (tertiary/aromatic N) is 1. The number of halogens is 1. The van der Waals surface area contributed by atoms with Crippen molar-refractivity contribution >= 4 is 11.3 Å². The van der Waals surface area contributed by atoms with Gasteiger partial charge in [0.2, 0.25) is 0 Å². The second-order valence-electron chi connectivity index (χ2n) is 5.01. The Kier molecular flexibility index (Phi) is 5.68. The quantitative estimate of drug-likeness (QED) is 0.782. The van der Waals surface area contributed by atoms with Crippen molar-refractivity contribution in [3.63, 3.8) is 0 Å². The van der Waals surface area contributed by atoms with Crippen molar-refractivity contribution in [2.45, 2.75) is 32.6 Å². The van der Waals surface area contributed by atoms with Crippen LogP contribution in [0.5, 0.6) is 0 Å². The van der Waals surface area contributed by atoms with E-state index in [1.807, 2.05) is 19.2 Å². The molecule has 1 N–H and O–H groups in total. The molecule has 0 fully saturated rings. The summed E-state index contributed by atoms with van der Waals surface area (Å²) >= 11 is 1.72. The van der Waals surface area contributed by atoms with Crippen LogP contribution >= 0.6 is 11.3 Å². The molecule has 0 saturated heterocycles. The van der Waals surface area contributed by atoms with Gasteiger partial charge in [-0.3, -0.25) is 0 Å². The van der Waals surface area contributed by atoms with Gasteiger partial charge in [-0.05, 0) is 44.0 Å². The first-order chi connectivity index (χ1) is 9.69. The number of hydrogen-bond donors (Lipinski definition) is 1. The average Bonchev–Trinajstić information content (AvgIpc) is 2.83. The fraction of sp³-hybridized carbons (Fsp3) is 0.438. The molecule has 0 amide bonds. The molecule has 4 heteroatoms. The van der Waals surface area contributed by atoms with Crippen molar-refractivity contribution in [2.75, 3.05) is 13.1 Å². The molecule has 1 unspecified atom stereocenters. The van der Waals surface area contributed by atoms with E-state index in [0.29, 0.717) is 0 Å². The van der Waals surface area contributed by atoms with Crippen LogP contribution < -0.4 is 5.32 Å². The van der Waals surface area contributed by atoms with Crippen molar-refractivity contribution < 1.29 is 4.39 Å². The predicted octanol–water partition coefficient (Wildman–Crippen LogP) is 3.92. The SMILES string of the molecule is CCCNCC(Cc1cnc(C)s1)c1cccc(F)c1. The van der Waals surface area contributed by atoms with Crippen LogP contribution in [0, 0.1) is 12.7 Å². The molecule has 108 valence electrons. The van der Waals surface area contributed by atoms with Gasteiger partial charge in [0.25, 0.3) is 0 Å². The number of nitrogens with one attached hydrogen (secondary N) is 1. The maximum absolute atomic E-state index is 13.4. The minimum absolute atomic E-state index is 0.163. The predicted molar refractivity (Wildman–Crippen MR) is 82.9 cm³/mol. The summed E-state index contributed by atoms with van der Waals surface area (Å²) in [6, 6.07) is 6.94. The van der Waals surface area contributed by atoms with Crippen LogP contribution in [0.2, 0.25) is 0 Å². The van der Waals surface area contributed by atoms with Crippen LogP contribution in [-0.4, -0.2) is 18.1 Å². The zero-order valence-corrected chi connectivity index (χ0v) is 12.8. The van der Waals surface area contributed by atoms with Crippen molar-refractivity contribution in [2.24, 2.45) is 0 Å². The van der Waals surface area contributed by atoms with E-state index in [2.05, 4.69) is 17.2 Å². The van der Waals surface area contributed by atoms with Crippen molar-refractivity contribution in [3.8, 4) is 0 Å². The van der Waals surface area contributed by atoms with E-state index < -0.39 is 0 Å². The summed E-state index contributed by atoms with van der Waals surface area (Å²) in [6.07, 6.45) is 3.95. The van der Waals surface area contributed by atoms with Gasteiger partial charge in [0.1, 0.15) is 5.82 Å². The largest absolute Gasteiger partial charge is 0.316 e. The molecule has 1 aromatic heterocycles. The Morgan fingerprint density at radius 2 is 2.25 bits per heavy atom. The number of benzene rings is 1. The Balaban J connectivity index is 2.11. The minimum atomic E-state index is -0.163. The second kappa shape index (κ2) is 7.50. The molecule has 2 nitrogen and oxygen atoms in total. The topological polar surface area (TPSA) is 24.9 Å². The van der Waals surface area contributed by atoms with Gasteiger partial charge in [-0.2, -0.15) is 0 Å². The second-order valence-corrected chi connectivity index (χ2v) is 6.33. The van der Waals surface area contributed by atoms with Crippen LogP contribution in [0.3, 0.4) is 0 Å². The Morgan fingerprint density at radius 3 is 2.90 bits per heavy atom. The van der Waals surface area contributed by atoms with Gasteiger partial charge in [0, 0.05) is 23.5 Å². The Bertz CT molecular complexity index is 539. The van der Waals surface area contributed by atoms with Crippen molar-refractivity contribution in [1.29, 1.82) is 0 Å². The number of hydrogen-bond acceptors (Lipinski definition) is 3.